The lowest BCUT2D eigenvalue weighted by molar-refractivity contribution is -0.136. The first kappa shape index (κ1) is 15.9. The number of carbonyl (C=O) groups is 2. The maximum atomic E-state index is 11.2. The Hall–Kier alpha value is -2.50. The zero-order chi connectivity index (χ0) is 16.3. The second-order valence-corrected chi connectivity index (χ2v) is 5.27. The first-order chi connectivity index (χ1) is 10.4. The van der Waals surface area contributed by atoms with Crippen molar-refractivity contribution in [1.82, 2.24) is 4.57 Å². The van der Waals surface area contributed by atoms with E-state index < -0.39 is 11.9 Å². The number of carboxylic acids is 2. The fraction of sp³-hybridized carbons (Fsp3) is 0.375. The monoisotopic (exact) mass is 304 g/mol. The SMILES string of the molecule is CCCN(CCC(=O)O)c1ccc2c(c1)cc(C(=O)O)n2C. The van der Waals surface area contributed by atoms with E-state index in [1.54, 1.807) is 17.7 Å². The first-order valence-corrected chi connectivity index (χ1v) is 7.23. The van der Waals surface area contributed by atoms with Gasteiger partial charge in [-0.2, -0.15) is 0 Å². The largest absolute Gasteiger partial charge is 0.481 e. The van der Waals surface area contributed by atoms with Gasteiger partial charge < -0.3 is 19.7 Å². The molecule has 2 rings (SSSR count). The fourth-order valence-corrected chi connectivity index (χ4v) is 2.61. The van der Waals surface area contributed by atoms with Gasteiger partial charge in [-0.3, -0.25) is 4.79 Å². The second kappa shape index (κ2) is 6.51. The van der Waals surface area contributed by atoms with E-state index in [1.165, 1.54) is 0 Å². The Balaban J connectivity index is 2.37. The van der Waals surface area contributed by atoms with Crippen molar-refractivity contribution >= 4 is 28.5 Å². The first-order valence-electron chi connectivity index (χ1n) is 7.23. The van der Waals surface area contributed by atoms with Gasteiger partial charge in [0.15, 0.2) is 0 Å². The molecule has 0 aliphatic rings. The molecule has 0 aliphatic heterocycles. The van der Waals surface area contributed by atoms with Crippen LogP contribution in [0.1, 0.15) is 30.3 Å². The summed E-state index contributed by atoms with van der Waals surface area (Å²) in [6.07, 6.45) is 0.986. The summed E-state index contributed by atoms with van der Waals surface area (Å²) in [5.74, 6) is -1.79. The molecule has 2 N–H and O–H groups in total. The van der Waals surface area contributed by atoms with Gasteiger partial charge in [-0.15, -0.1) is 0 Å². The number of nitrogens with zero attached hydrogens (tertiary/aromatic N) is 2. The van der Waals surface area contributed by atoms with Crippen LogP contribution in [0.25, 0.3) is 10.9 Å². The third-order valence-electron chi connectivity index (χ3n) is 3.70. The number of carboxylic acid groups (broad SMARTS) is 2. The summed E-state index contributed by atoms with van der Waals surface area (Å²) in [6, 6.07) is 7.34. The normalized spacial score (nSPS) is 10.8. The minimum Gasteiger partial charge on any atom is -0.481 e. The maximum Gasteiger partial charge on any atom is 0.352 e. The van der Waals surface area contributed by atoms with Crippen molar-refractivity contribution < 1.29 is 19.8 Å². The third-order valence-corrected chi connectivity index (χ3v) is 3.70. The Bertz CT molecular complexity index is 705. The molecule has 0 saturated heterocycles. The number of rotatable bonds is 7. The summed E-state index contributed by atoms with van der Waals surface area (Å²) in [5, 5.41) is 18.9. The lowest BCUT2D eigenvalue weighted by atomic mass is 10.2. The Morgan fingerprint density at radius 3 is 2.50 bits per heavy atom. The van der Waals surface area contributed by atoms with Crippen molar-refractivity contribution in [3.05, 3.63) is 30.0 Å². The Labute approximate surface area is 128 Å². The highest BCUT2D eigenvalue weighted by molar-refractivity contribution is 5.95. The van der Waals surface area contributed by atoms with Gasteiger partial charge in [0.25, 0.3) is 0 Å². The number of aromatic nitrogens is 1. The van der Waals surface area contributed by atoms with E-state index in [9.17, 15) is 14.7 Å². The third kappa shape index (κ3) is 3.21. The van der Waals surface area contributed by atoms with E-state index in [2.05, 4.69) is 0 Å². The number of anilines is 1. The number of hydrogen-bond donors (Lipinski definition) is 2. The zero-order valence-corrected chi connectivity index (χ0v) is 12.7. The van der Waals surface area contributed by atoms with Crippen LogP contribution in [-0.4, -0.2) is 39.8 Å². The molecule has 1 heterocycles. The molecule has 1 aromatic heterocycles. The number of aryl methyl sites for hydroxylation is 1. The molecule has 0 fully saturated rings. The molecule has 0 spiro atoms. The van der Waals surface area contributed by atoms with E-state index in [-0.39, 0.29) is 12.1 Å². The Kier molecular flexibility index (Phi) is 4.70. The summed E-state index contributed by atoms with van der Waals surface area (Å²) < 4.78 is 1.64. The number of benzene rings is 1. The second-order valence-electron chi connectivity index (χ2n) is 5.27. The lowest BCUT2D eigenvalue weighted by Gasteiger charge is -2.23. The van der Waals surface area contributed by atoms with Crippen molar-refractivity contribution in [1.29, 1.82) is 0 Å². The molecule has 0 amide bonds. The predicted molar refractivity (Wildman–Crippen MR) is 84.6 cm³/mol. The molecule has 0 atom stereocenters. The summed E-state index contributed by atoms with van der Waals surface area (Å²) in [5.41, 5.74) is 1.99. The van der Waals surface area contributed by atoms with Crippen LogP contribution >= 0.6 is 0 Å². The van der Waals surface area contributed by atoms with Crippen LogP contribution in [0.2, 0.25) is 0 Å². The molecule has 1 aromatic carbocycles. The van der Waals surface area contributed by atoms with E-state index >= 15 is 0 Å². The Morgan fingerprint density at radius 2 is 1.91 bits per heavy atom. The topological polar surface area (TPSA) is 82.8 Å². The van der Waals surface area contributed by atoms with E-state index in [1.807, 2.05) is 30.0 Å². The molecule has 0 bridgehead atoms. The highest BCUT2D eigenvalue weighted by atomic mass is 16.4. The average Bonchev–Trinajstić information content (AvgIpc) is 2.80. The zero-order valence-electron chi connectivity index (χ0n) is 12.7. The molecule has 0 saturated carbocycles. The van der Waals surface area contributed by atoms with Gasteiger partial charge >= 0.3 is 11.9 Å². The minimum absolute atomic E-state index is 0.0766. The van der Waals surface area contributed by atoms with E-state index in [0.29, 0.717) is 6.54 Å². The van der Waals surface area contributed by atoms with Gasteiger partial charge in [0.1, 0.15) is 5.69 Å². The molecule has 0 unspecified atom stereocenters. The molecule has 0 radical (unpaired) electrons. The predicted octanol–water partition coefficient (Wildman–Crippen LogP) is 2.57. The van der Waals surface area contributed by atoms with Gasteiger partial charge in [0, 0.05) is 36.7 Å². The van der Waals surface area contributed by atoms with Crippen molar-refractivity contribution in [2.45, 2.75) is 19.8 Å². The summed E-state index contributed by atoms with van der Waals surface area (Å²) in [4.78, 5) is 24.0. The van der Waals surface area contributed by atoms with Crippen LogP contribution in [0.4, 0.5) is 5.69 Å². The van der Waals surface area contributed by atoms with Crippen molar-refractivity contribution in [2.24, 2.45) is 7.05 Å². The summed E-state index contributed by atoms with van der Waals surface area (Å²) >= 11 is 0. The molecular formula is C16H20N2O4. The van der Waals surface area contributed by atoms with Gasteiger partial charge in [0.05, 0.1) is 6.42 Å². The maximum absolute atomic E-state index is 11.2. The standard InChI is InChI=1S/C16H20N2O4/c1-3-7-18(8-6-15(19)20)12-4-5-13-11(9-12)10-14(16(21)22)17(13)2/h4-5,9-10H,3,6-8H2,1-2H3,(H,19,20)(H,21,22). The highest BCUT2D eigenvalue weighted by Crippen LogP contribution is 2.25. The lowest BCUT2D eigenvalue weighted by Crippen LogP contribution is -2.26. The summed E-state index contributed by atoms with van der Waals surface area (Å²) in [6.45, 7) is 3.24. The Morgan fingerprint density at radius 1 is 1.18 bits per heavy atom. The molecule has 6 nitrogen and oxygen atoms in total. The molecule has 118 valence electrons. The molecule has 0 aliphatic carbocycles. The smallest absolute Gasteiger partial charge is 0.352 e. The van der Waals surface area contributed by atoms with Crippen molar-refractivity contribution in [3.63, 3.8) is 0 Å². The highest BCUT2D eigenvalue weighted by Gasteiger charge is 2.14. The van der Waals surface area contributed by atoms with Crippen molar-refractivity contribution in [2.75, 3.05) is 18.0 Å². The van der Waals surface area contributed by atoms with Crippen LogP contribution in [0.3, 0.4) is 0 Å². The quantitative estimate of drug-likeness (QED) is 0.821. The fourth-order valence-electron chi connectivity index (χ4n) is 2.61. The number of aromatic carboxylic acids is 1. The van der Waals surface area contributed by atoms with Crippen molar-refractivity contribution in [3.8, 4) is 0 Å². The van der Waals surface area contributed by atoms with E-state index in [0.717, 1.165) is 29.6 Å². The van der Waals surface area contributed by atoms with Crippen LogP contribution < -0.4 is 4.90 Å². The van der Waals surface area contributed by atoms with Crippen LogP contribution in [-0.2, 0) is 11.8 Å². The molecular weight excluding hydrogens is 284 g/mol. The van der Waals surface area contributed by atoms with Crippen LogP contribution in [0, 0.1) is 0 Å². The van der Waals surface area contributed by atoms with Crippen LogP contribution in [0.15, 0.2) is 24.3 Å². The van der Waals surface area contributed by atoms with Crippen LogP contribution in [0.5, 0.6) is 0 Å². The van der Waals surface area contributed by atoms with Gasteiger partial charge in [0.2, 0.25) is 0 Å². The van der Waals surface area contributed by atoms with E-state index in [4.69, 9.17) is 5.11 Å². The minimum atomic E-state index is -0.962. The van der Waals surface area contributed by atoms with Gasteiger partial charge in [-0.25, -0.2) is 4.79 Å². The molecule has 6 heteroatoms. The average molecular weight is 304 g/mol. The molecule has 22 heavy (non-hydrogen) atoms. The molecule has 2 aromatic rings. The van der Waals surface area contributed by atoms with Gasteiger partial charge in [-0.1, -0.05) is 6.92 Å². The number of fused-ring (bicyclic) bond motifs is 1. The summed E-state index contributed by atoms with van der Waals surface area (Å²) in [7, 11) is 1.72. The number of aliphatic carboxylic acids is 1. The van der Waals surface area contributed by atoms with Gasteiger partial charge in [-0.05, 0) is 30.7 Å². The number of hydrogen-bond acceptors (Lipinski definition) is 3.